The van der Waals surface area contributed by atoms with Crippen LogP contribution in [-0.4, -0.2) is 32.2 Å². The van der Waals surface area contributed by atoms with E-state index in [0.29, 0.717) is 24.5 Å². The van der Waals surface area contributed by atoms with Gasteiger partial charge in [-0.1, -0.05) is 72.8 Å². The van der Waals surface area contributed by atoms with Crippen LogP contribution in [0.2, 0.25) is 0 Å². The van der Waals surface area contributed by atoms with Gasteiger partial charge in [0.1, 0.15) is 5.52 Å². The molecule has 0 fully saturated rings. The molecule has 174 valence electrons. The van der Waals surface area contributed by atoms with Crippen LogP contribution < -0.4 is 10.6 Å². The van der Waals surface area contributed by atoms with E-state index in [2.05, 4.69) is 20.7 Å². The summed E-state index contributed by atoms with van der Waals surface area (Å²) in [6.45, 7) is 0.639. The fraction of sp³-hybridized carbons (Fsp3) is 0.107. The fourth-order valence-electron chi connectivity index (χ4n) is 3.95. The van der Waals surface area contributed by atoms with Crippen molar-refractivity contribution in [2.75, 3.05) is 17.2 Å². The van der Waals surface area contributed by atoms with Gasteiger partial charge in [-0.2, -0.15) is 0 Å². The maximum Gasteiger partial charge on any atom is 0.295 e. The summed E-state index contributed by atoms with van der Waals surface area (Å²) in [6, 6.07) is 29.4. The summed E-state index contributed by atoms with van der Waals surface area (Å²) in [5, 5.41) is 19.9. The first-order valence-electron chi connectivity index (χ1n) is 11.4. The van der Waals surface area contributed by atoms with Crippen LogP contribution in [0, 0.1) is 0 Å². The van der Waals surface area contributed by atoms with Gasteiger partial charge in [-0.25, -0.2) is 9.50 Å². The lowest BCUT2D eigenvalue weighted by molar-refractivity contribution is 0.101. The molecular formula is C28H25N5O2. The Morgan fingerprint density at radius 3 is 2.29 bits per heavy atom. The second-order valence-corrected chi connectivity index (χ2v) is 8.14. The summed E-state index contributed by atoms with van der Waals surface area (Å²) in [5.41, 5.74) is 5.56. The van der Waals surface area contributed by atoms with E-state index in [0.717, 1.165) is 27.8 Å². The molecule has 0 saturated carbocycles. The number of aliphatic hydroxyl groups excluding tert-OH is 1. The van der Waals surface area contributed by atoms with E-state index in [1.54, 1.807) is 16.6 Å². The Hall–Kier alpha value is -4.49. The van der Waals surface area contributed by atoms with Gasteiger partial charge in [0, 0.05) is 30.6 Å². The van der Waals surface area contributed by atoms with E-state index >= 15 is 0 Å². The van der Waals surface area contributed by atoms with Crippen LogP contribution in [0.5, 0.6) is 0 Å². The molecule has 2 heterocycles. The first kappa shape index (κ1) is 22.3. The number of carbonyl (C=O) groups is 1. The second kappa shape index (κ2) is 10.2. The standard InChI is InChI=1S/C28H25N5O2/c34-18-16-20-11-13-23(14-12-20)30-28(35)27-31-26(29-19-21-7-3-1-4-8-21)25-24(15-17-33(25)32-27)22-9-5-2-6-10-22/h1-15,17,34H,16,18-19H2,(H,30,35)(H,29,31,32). The van der Waals surface area contributed by atoms with E-state index in [1.807, 2.05) is 85.1 Å². The minimum atomic E-state index is -0.403. The van der Waals surface area contributed by atoms with Crippen molar-refractivity contribution in [1.82, 2.24) is 14.6 Å². The normalized spacial score (nSPS) is 10.9. The zero-order valence-corrected chi connectivity index (χ0v) is 19.1. The molecule has 0 saturated heterocycles. The van der Waals surface area contributed by atoms with Gasteiger partial charge >= 0.3 is 0 Å². The van der Waals surface area contributed by atoms with Crippen LogP contribution in [0.1, 0.15) is 21.7 Å². The quantitative estimate of drug-likeness (QED) is 0.308. The van der Waals surface area contributed by atoms with Gasteiger partial charge in [0.05, 0.1) is 0 Å². The Labute approximate surface area is 203 Å². The van der Waals surface area contributed by atoms with Crippen LogP contribution in [0.3, 0.4) is 0 Å². The minimum absolute atomic E-state index is 0.0581. The molecule has 5 aromatic rings. The Balaban J connectivity index is 1.49. The second-order valence-electron chi connectivity index (χ2n) is 8.14. The van der Waals surface area contributed by atoms with Gasteiger partial charge in [0.15, 0.2) is 5.82 Å². The first-order valence-corrected chi connectivity index (χ1v) is 11.4. The maximum absolute atomic E-state index is 13.1. The molecule has 0 radical (unpaired) electrons. The third kappa shape index (κ3) is 5.05. The van der Waals surface area contributed by atoms with Crippen LogP contribution in [0.4, 0.5) is 11.5 Å². The van der Waals surface area contributed by atoms with E-state index in [9.17, 15) is 4.79 Å². The van der Waals surface area contributed by atoms with Crippen LogP contribution >= 0.6 is 0 Å². The van der Waals surface area contributed by atoms with Gasteiger partial charge in [0.2, 0.25) is 5.82 Å². The Morgan fingerprint density at radius 2 is 1.57 bits per heavy atom. The minimum Gasteiger partial charge on any atom is -0.396 e. The van der Waals surface area contributed by atoms with Gasteiger partial charge in [-0.3, -0.25) is 4.79 Å². The monoisotopic (exact) mass is 463 g/mol. The summed E-state index contributed by atoms with van der Waals surface area (Å²) < 4.78 is 1.70. The number of aromatic nitrogens is 3. The molecule has 7 nitrogen and oxygen atoms in total. The molecule has 3 aromatic carbocycles. The van der Waals surface area contributed by atoms with Crippen molar-refractivity contribution in [3.05, 3.63) is 114 Å². The molecule has 0 bridgehead atoms. The average molecular weight is 464 g/mol. The predicted molar refractivity (Wildman–Crippen MR) is 137 cm³/mol. The smallest absolute Gasteiger partial charge is 0.295 e. The summed E-state index contributed by atoms with van der Waals surface area (Å²) in [7, 11) is 0. The number of nitrogens with one attached hydrogen (secondary N) is 2. The number of rotatable bonds is 8. The Bertz CT molecular complexity index is 1430. The largest absolute Gasteiger partial charge is 0.396 e. The van der Waals surface area contributed by atoms with Crippen LogP contribution in [0.15, 0.2) is 97.2 Å². The maximum atomic E-state index is 13.1. The molecule has 0 aliphatic rings. The Morgan fingerprint density at radius 1 is 0.857 bits per heavy atom. The number of fused-ring (bicyclic) bond motifs is 1. The van der Waals surface area contributed by atoms with Crippen molar-refractivity contribution < 1.29 is 9.90 Å². The number of nitrogens with zero attached hydrogens (tertiary/aromatic N) is 3. The van der Waals surface area contributed by atoms with E-state index in [4.69, 9.17) is 5.11 Å². The predicted octanol–water partition coefficient (Wildman–Crippen LogP) is 4.80. The lowest BCUT2D eigenvalue weighted by Gasteiger charge is -2.12. The third-order valence-corrected chi connectivity index (χ3v) is 5.71. The van der Waals surface area contributed by atoms with Crippen molar-refractivity contribution in [1.29, 1.82) is 0 Å². The molecule has 0 unspecified atom stereocenters. The average Bonchev–Trinajstić information content (AvgIpc) is 3.34. The number of amides is 1. The van der Waals surface area contributed by atoms with E-state index in [1.165, 1.54) is 0 Å². The number of benzene rings is 3. The fourth-order valence-corrected chi connectivity index (χ4v) is 3.95. The van der Waals surface area contributed by atoms with Gasteiger partial charge in [-0.05, 0) is 41.3 Å². The van der Waals surface area contributed by atoms with E-state index in [-0.39, 0.29) is 12.4 Å². The number of carbonyl (C=O) groups excluding carboxylic acids is 1. The number of hydrogen-bond donors (Lipinski definition) is 3. The first-order chi connectivity index (χ1) is 17.2. The van der Waals surface area contributed by atoms with Crippen molar-refractivity contribution >= 4 is 22.9 Å². The summed E-state index contributed by atoms with van der Waals surface area (Å²) >= 11 is 0. The molecule has 0 atom stereocenters. The SMILES string of the molecule is O=C(Nc1ccc(CCO)cc1)c1nc(NCc2ccccc2)c2c(-c3ccccc3)ccn2n1. The molecule has 35 heavy (non-hydrogen) atoms. The van der Waals surface area contributed by atoms with Gasteiger partial charge < -0.3 is 15.7 Å². The highest BCUT2D eigenvalue weighted by atomic mass is 16.3. The molecular weight excluding hydrogens is 438 g/mol. The molecule has 5 rings (SSSR count). The molecule has 0 aliphatic carbocycles. The van der Waals surface area contributed by atoms with Crippen molar-refractivity contribution in [2.45, 2.75) is 13.0 Å². The molecule has 2 aromatic heterocycles. The molecule has 0 spiro atoms. The molecule has 1 amide bonds. The summed E-state index contributed by atoms with van der Waals surface area (Å²) in [6.07, 6.45) is 2.41. The topological polar surface area (TPSA) is 91.5 Å². The Kier molecular flexibility index (Phi) is 6.50. The highest BCUT2D eigenvalue weighted by molar-refractivity contribution is 6.02. The lowest BCUT2D eigenvalue weighted by Crippen LogP contribution is -2.19. The van der Waals surface area contributed by atoms with Crippen molar-refractivity contribution in [3.8, 4) is 11.1 Å². The third-order valence-electron chi connectivity index (χ3n) is 5.71. The number of hydrogen-bond acceptors (Lipinski definition) is 5. The molecule has 7 heteroatoms. The lowest BCUT2D eigenvalue weighted by atomic mass is 10.1. The zero-order valence-electron chi connectivity index (χ0n) is 19.1. The molecule has 0 aliphatic heterocycles. The van der Waals surface area contributed by atoms with Crippen molar-refractivity contribution in [2.24, 2.45) is 0 Å². The van der Waals surface area contributed by atoms with Crippen LogP contribution in [0.25, 0.3) is 16.6 Å². The van der Waals surface area contributed by atoms with Crippen LogP contribution in [-0.2, 0) is 13.0 Å². The van der Waals surface area contributed by atoms with E-state index < -0.39 is 5.91 Å². The zero-order chi connectivity index (χ0) is 24.0. The van der Waals surface area contributed by atoms with Crippen molar-refractivity contribution in [3.63, 3.8) is 0 Å². The van der Waals surface area contributed by atoms with Gasteiger partial charge in [-0.15, -0.1) is 5.10 Å². The summed E-state index contributed by atoms with van der Waals surface area (Å²) in [5.74, 6) is 0.235. The molecule has 3 N–H and O–H groups in total. The highest BCUT2D eigenvalue weighted by Crippen LogP contribution is 2.30. The highest BCUT2D eigenvalue weighted by Gasteiger charge is 2.18. The number of aliphatic hydroxyl groups is 1. The number of anilines is 2. The summed E-state index contributed by atoms with van der Waals surface area (Å²) in [4.78, 5) is 17.7. The van der Waals surface area contributed by atoms with Gasteiger partial charge in [0.25, 0.3) is 5.91 Å².